The number of halogens is 1. The van der Waals surface area contributed by atoms with Crippen molar-refractivity contribution in [3.8, 4) is 0 Å². The van der Waals surface area contributed by atoms with Crippen molar-refractivity contribution in [1.29, 1.82) is 0 Å². The number of hydrogen-bond donors (Lipinski definition) is 3. The monoisotopic (exact) mass is 540 g/mol. The Morgan fingerprint density at radius 3 is 2.31 bits per heavy atom. The summed E-state index contributed by atoms with van der Waals surface area (Å²) in [6, 6.07) is 12.1. The summed E-state index contributed by atoms with van der Waals surface area (Å²) >= 11 is 0. The van der Waals surface area contributed by atoms with Crippen LogP contribution >= 0.6 is 0 Å². The predicted octanol–water partition coefficient (Wildman–Crippen LogP) is 2.69. The van der Waals surface area contributed by atoms with Crippen LogP contribution in [0.4, 0.5) is 9.18 Å². The lowest BCUT2D eigenvalue weighted by molar-refractivity contribution is -0.131. The number of nitrogens with zero attached hydrogens (tertiary/aromatic N) is 2. The summed E-state index contributed by atoms with van der Waals surface area (Å²) in [5, 5.41) is 11.9. The van der Waals surface area contributed by atoms with E-state index in [9.17, 15) is 18.8 Å². The van der Waals surface area contributed by atoms with Gasteiger partial charge >= 0.3 is 6.09 Å². The van der Waals surface area contributed by atoms with Gasteiger partial charge in [0.05, 0.1) is 6.61 Å². The molecular weight excluding hydrogens is 503 g/mol. The maximum absolute atomic E-state index is 13.3. The first kappa shape index (κ1) is 28.5. The molecule has 2 aromatic carbocycles. The molecule has 2 fully saturated rings. The number of carbonyl (C=O) groups excluding carboxylic acids is 3. The van der Waals surface area contributed by atoms with E-state index in [0.29, 0.717) is 44.7 Å². The van der Waals surface area contributed by atoms with Crippen molar-refractivity contribution in [3.63, 3.8) is 0 Å². The quantitative estimate of drug-likeness (QED) is 0.449. The average molecular weight is 541 g/mol. The number of rotatable bonds is 9. The second-order valence-electron chi connectivity index (χ2n) is 10.2. The van der Waals surface area contributed by atoms with Crippen molar-refractivity contribution < 1.29 is 28.6 Å². The minimum Gasteiger partial charge on any atom is -0.445 e. The van der Waals surface area contributed by atoms with Crippen molar-refractivity contribution >= 4 is 17.9 Å². The van der Waals surface area contributed by atoms with Crippen LogP contribution in [0.15, 0.2) is 48.5 Å². The molecule has 0 spiro atoms. The smallest absolute Gasteiger partial charge is 0.410 e. The van der Waals surface area contributed by atoms with Gasteiger partial charge in [-0.05, 0) is 47.6 Å². The van der Waals surface area contributed by atoms with Crippen molar-refractivity contribution in [2.45, 2.75) is 44.2 Å². The lowest BCUT2D eigenvalue weighted by atomic mass is 9.74. The maximum atomic E-state index is 13.3. The number of benzene rings is 2. The summed E-state index contributed by atoms with van der Waals surface area (Å²) in [5.41, 5.74) is 7.88. The van der Waals surface area contributed by atoms with Crippen LogP contribution in [-0.2, 0) is 20.9 Å². The van der Waals surface area contributed by atoms with E-state index in [1.54, 1.807) is 4.90 Å². The molecule has 9 nitrogen and oxygen atoms in total. The molecule has 1 saturated carbocycles. The molecule has 4 N–H and O–H groups in total. The number of amides is 3. The minimum absolute atomic E-state index is 0.0210. The van der Waals surface area contributed by atoms with Gasteiger partial charge in [0, 0.05) is 38.6 Å². The van der Waals surface area contributed by atoms with E-state index in [1.807, 2.05) is 24.3 Å². The molecule has 39 heavy (non-hydrogen) atoms. The number of primary amides is 1. The van der Waals surface area contributed by atoms with Gasteiger partial charge < -0.3 is 25.8 Å². The normalized spacial score (nSPS) is 20.7. The summed E-state index contributed by atoms with van der Waals surface area (Å²) in [6.45, 7) is 3.44. The van der Waals surface area contributed by atoms with Gasteiger partial charge in [-0.3, -0.25) is 14.5 Å². The Kier molecular flexibility index (Phi) is 9.89. The molecule has 0 bridgehead atoms. The molecule has 210 valence electrons. The van der Waals surface area contributed by atoms with Gasteiger partial charge in [0.15, 0.2) is 0 Å². The van der Waals surface area contributed by atoms with E-state index in [-0.39, 0.29) is 37.0 Å². The zero-order chi connectivity index (χ0) is 27.8. The van der Waals surface area contributed by atoms with Crippen LogP contribution in [0.1, 0.15) is 54.3 Å². The third kappa shape index (κ3) is 7.54. The lowest BCUT2D eigenvalue weighted by Gasteiger charge is -2.33. The highest BCUT2D eigenvalue weighted by Gasteiger charge is 2.34. The fourth-order valence-electron chi connectivity index (χ4n) is 5.46. The summed E-state index contributed by atoms with van der Waals surface area (Å²) in [5.74, 6) is -1.73. The number of hydrogen-bond acceptors (Lipinski definition) is 6. The first-order valence-electron chi connectivity index (χ1n) is 13.5. The first-order chi connectivity index (χ1) is 18.9. The Morgan fingerprint density at radius 2 is 1.67 bits per heavy atom. The molecule has 1 heterocycles. The van der Waals surface area contributed by atoms with E-state index in [2.05, 4.69) is 10.2 Å². The van der Waals surface area contributed by atoms with Crippen LogP contribution in [0.2, 0.25) is 0 Å². The summed E-state index contributed by atoms with van der Waals surface area (Å²) in [4.78, 5) is 41.7. The van der Waals surface area contributed by atoms with Crippen molar-refractivity contribution in [2.75, 3.05) is 39.3 Å². The molecule has 0 radical (unpaired) electrons. The average Bonchev–Trinajstić information content (AvgIpc) is 2.96. The zero-order valence-electron chi connectivity index (χ0n) is 22.1. The van der Waals surface area contributed by atoms with E-state index in [0.717, 1.165) is 30.4 Å². The van der Waals surface area contributed by atoms with Crippen molar-refractivity contribution in [3.05, 3.63) is 71.0 Å². The molecular formula is C29H37FN4O5. The number of aliphatic hydroxyl groups excluding tert-OH is 1. The van der Waals surface area contributed by atoms with Crippen molar-refractivity contribution in [1.82, 2.24) is 15.1 Å². The molecule has 4 rings (SSSR count). The molecule has 2 aliphatic rings. The van der Waals surface area contributed by atoms with Gasteiger partial charge in [0.1, 0.15) is 18.5 Å². The van der Waals surface area contributed by atoms with Gasteiger partial charge in [-0.1, -0.05) is 49.2 Å². The Bertz CT molecular complexity index is 1120. The fourth-order valence-corrected chi connectivity index (χ4v) is 5.46. The van der Waals surface area contributed by atoms with Crippen molar-refractivity contribution in [2.24, 2.45) is 11.7 Å². The third-order valence-corrected chi connectivity index (χ3v) is 7.69. The topological polar surface area (TPSA) is 125 Å². The number of piperazine rings is 1. The first-order valence-corrected chi connectivity index (χ1v) is 13.5. The van der Waals surface area contributed by atoms with Gasteiger partial charge in [-0.25, -0.2) is 9.18 Å². The SMILES string of the molecule is NC(=O)C(NC(=O)C1CCCCC1c1ccc(COC(=O)N2CCN(CCO)CC2)cc1)c1ccc(F)cc1. The Balaban J connectivity index is 1.34. The molecule has 10 heteroatoms. The van der Waals surface area contributed by atoms with Crippen LogP contribution < -0.4 is 11.1 Å². The third-order valence-electron chi connectivity index (χ3n) is 7.69. The summed E-state index contributed by atoms with van der Waals surface area (Å²) < 4.78 is 18.9. The van der Waals surface area contributed by atoms with E-state index in [4.69, 9.17) is 15.6 Å². The van der Waals surface area contributed by atoms with Crippen LogP contribution in [0.3, 0.4) is 0 Å². The number of β-amino-alcohol motifs (C(OH)–C–C–N with tert-alkyl or cyclic N) is 1. The molecule has 3 atom stereocenters. The number of nitrogens with two attached hydrogens (primary N) is 1. The highest BCUT2D eigenvalue weighted by molar-refractivity contribution is 5.89. The molecule has 3 amide bonds. The van der Waals surface area contributed by atoms with Crippen LogP contribution in [0, 0.1) is 11.7 Å². The van der Waals surface area contributed by atoms with Gasteiger partial charge in [-0.2, -0.15) is 0 Å². The van der Waals surface area contributed by atoms with Gasteiger partial charge in [-0.15, -0.1) is 0 Å². The van der Waals surface area contributed by atoms with Gasteiger partial charge in [0.25, 0.3) is 0 Å². The highest BCUT2D eigenvalue weighted by atomic mass is 19.1. The Morgan fingerprint density at radius 1 is 1.00 bits per heavy atom. The standard InChI is InChI=1S/C29H37FN4O5/c30-23-11-9-22(10-12-23)26(27(31)36)32-28(37)25-4-2-1-3-24(25)21-7-5-20(6-8-21)19-39-29(38)34-15-13-33(14-16-34)17-18-35/h5-12,24-26,35H,1-4,13-19H2,(H2,31,36)(H,32,37). The Hall–Kier alpha value is -3.50. The molecule has 1 aliphatic heterocycles. The van der Waals surface area contributed by atoms with E-state index in [1.165, 1.54) is 24.3 Å². The number of ether oxygens (including phenoxy) is 1. The summed E-state index contributed by atoms with van der Waals surface area (Å²) in [7, 11) is 0. The van der Waals surface area contributed by atoms with E-state index >= 15 is 0 Å². The molecule has 2 aromatic rings. The van der Waals surface area contributed by atoms with Crippen LogP contribution in [-0.4, -0.2) is 72.1 Å². The minimum atomic E-state index is -1.03. The Labute approximate surface area is 228 Å². The molecule has 3 unspecified atom stereocenters. The van der Waals surface area contributed by atoms with Crippen LogP contribution in [0.25, 0.3) is 0 Å². The number of carbonyl (C=O) groups is 3. The number of nitrogens with one attached hydrogen (secondary N) is 1. The maximum Gasteiger partial charge on any atom is 0.410 e. The number of aliphatic hydroxyl groups is 1. The van der Waals surface area contributed by atoms with Crippen LogP contribution in [0.5, 0.6) is 0 Å². The van der Waals surface area contributed by atoms with E-state index < -0.39 is 17.8 Å². The highest BCUT2D eigenvalue weighted by Crippen LogP contribution is 2.38. The second kappa shape index (κ2) is 13.5. The second-order valence-corrected chi connectivity index (χ2v) is 10.2. The summed E-state index contributed by atoms with van der Waals surface area (Å²) in [6.07, 6.45) is 3.09. The molecule has 1 aliphatic carbocycles. The largest absolute Gasteiger partial charge is 0.445 e. The fraction of sp³-hybridized carbons (Fsp3) is 0.483. The van der Waals surface area contributed by atoms with Gasteiger partial charge in [0.2, 0.25) is 11.8 Å². The lowest BCUT2D eigenvalue weighted by Crippen LogP contribution is -2.49. The molecule has 1 saturated heterocycles. The molecule has 0 aromatic heterocycles. The zero-order valence-corrected chi connectivity index (χ0v) is 22.1. The predicted molar refractivity (Wildman–Crippen MR) is 143 cm³/mol.